The van der Waals surface area contributed by atoms with Crippen LogP contribution in [0.25, 0.3) is 0 Å². The van der Waals surface area contributed by atoms with Gasteiger partial charge in [0.1, 0.15) is 22.6 Å². The summed E-state index contributed by atoms with van der Waals surface area (Å²) in [6.07, 6.45) is -0.867. The molecule has 1 aromatic carbocycles. The maximum atomic E-state index is 12.5. The third kappa shape index (κ3) is 5.12. The standard InChI is InChI=1S/C19H20N2O8/c1-4-26-18(24)13-10(3)28-17(14(13)15(20)22)21-16(23)11-6-8-12(9-7-11)29-19(25)27-5-2/h6-9H,4-5H2,1-3H3,(H2,20,22)(H,21,23). The van der Waals surface area contributed by atoms with Crippen molar-refractivity contribution in [1.82, 2.24) is 0 Å². The zero-order valence-electron chi connectivity index (χ0n) is 16.1. The average Bonchev–Trinajstić information content (AvgIpc) is 2.98. The molecule has 0 spiro atoms. The van der Waals surface area contributed by atoms with Crippen LogP contribution < -0.4 is 15.8 Å². The maximum Gasteiger partial charge on any atom is 0.513 e. The van der Waals surface area contributed by atoms with Crippen LogP contribution in [0.4, 0.5) is 10.7 Å². The van der Waals surface area contributed by atoms with E-state index in [1.165, 1.54) is 31.2 Å². The van der Waals surface area contributed by atoms with Crippen molar-refractivity contribution < 1.29 is 37.8 Å². The molecule has 2 aromatic rings. The Balaban J connectivity index is 2.22. The summed E-state index contributed by atoms with van der Waals surface area (Å²) in [6.45, 7) is 4.94. The fourth-order valence-electron chi connectivity index (χ4n) is 2.41. The van der Waals surface area contributed by atoms with E-state index in [9.17, 15) is 19.2 Å². The van der Waals surface area contributed by atoms with Crippen molar-refractivity contribution in [1.29, 1.82) is 0 Å². The molecule has 0 saturated carbocycles. The first-order valence-corrected chi connectivity index (χ1v) is 8.64. The molecule has 0 aliphatic rings. The summed E-state index contributed by atoms with van der Waals surface area (Å²) in [5.74, 6) is -2.40. The van der Waals surface area contributed by atoms with Gasteiger partial charge in [0.2, 0.25) is 5.88 Å². The van der Waals surface area contributed by atoms with E-state index in [1.54, 1.807) is 13.8 Å². The number of anilines is 1. The van der Waals surface area contributed by atoms with Crippen LogP contribution in [0.15, 0.2) is 28.7 Å². The number of amides is 2. The first kappa shape index (κ1) is 21.5. The van der Waals surface area contributed by atoms with Crippen molar-refractivity contribution in [2.24, 2.45) is 5.73 Å². The van der Waals surface area contributed by atoms with E-state index >= 15 is 0 Å². The van der Waals surface area contributed by atoms with Gasteiger partial charge in [0.05, 0.1) is 13.2 Å². The molecule has 154 valence electrons. The number of hydrogen-bond donors (Lipinski definition) is 2. The smallest absolute Gasteiger partial charge is 0.462 e. The number of hydrogen-bond acceptors (Lipinski definition) is 8. The van der Waals surface area contributed by atoms with Gasteiger partial charge < -0.3 is 24.4 Å². The number of carbonyl (C=O) groups is 4. The lowest BCUT2D eigenvalue weighted by Gasteiger charge is -2.06. The summed E-state index contributed by atoms with van der Waals surface area (Å²) in [5.41, 5.74) is 5.09. The summed E-state index contributed by atoms with van der Waals surface area (Å²) < 4.78 is 19.8. The second-order valence-electron chi connectivity index (χ2n) is 5.59. The van der Waals surface area contributed by atoms with Crippen LogP contribution in [0.1, 0.15) is 50.7 Å². The van der Waals surface area contributed by atoms with Gasteiger partial charge in [0.15, 0.2) is 0 Å². The van der Waals surface area contributed by atoms with Crippen LogP contribution >= 0.6 is 0 Å². The van der Waals surface area contributed by atoms with Gasteiger partial charge in [-0.1, -0.05) is 0 Å². The largest absolute Gasteiger partial charge is 0.513 e. The Morgan fingerprint density at radius 2 is 1.62 bits per heavy atom. The van der Waals surface area contributed by atoms with Gasteiger partial charge in [0, 0.05) is 5.56 Å². The van der Waals surface area contributed by atoms with Crippen LogP contribution in [-0.2, 0) is 9.47 Å². The number of primary amides is 1. The Morgan fingerprint density at radius 1 is 1.00 bits per heavy atom. The number of aryl methyl sites for hydroxylation is 1. The quantitative estimate of drug-likeness (QED) is 0.529. The highest BCUT2D eigenvalue weighted by Gasteiger charge is 2.29. The lowest BCUT2D eigenvalue weighted by Crippen LogP contribution is -2.20. The van der Waals surface area contributed by atoms with Crippen molar-refractivity contribution in [3.05, 3.63) is 46.7 Å². The number of carbonyl (C=O) groups excluding carboxylic acids is 4. The first-order valence-electron chi connectivity index (χ1n) is 8.64. The van der Waals surface area contributed by atoms with Crippen LogP contribution in [0.2, 0.25) is 0 Å². The molecule has 0 fully saturated rings. The molecule has 1 heterocycles. The number of nitrogens with one attached hydrogen (secondary N) is 1. The van der Waals surface area contributed by atoms with Crippen LogP contribution in [0.5, 0.6) is 5.75 Å². The van der Waals surface area contributed by atoms with E-state index in [0.717, 1.165) is 0 Å². The first-order chi connectivity index (χ1) is 13.8. The normalized spacial score (nSPS) is 10.2. The van der Waals surface area contributed by atoms with E-state index < -0.39 is 23.9 Å². The summed E-state index contributed by atoms with van der Waals surface area (Å²) in [5, 5.41) is 2.40. The minimum atomic E-state index is -0.960. The topological polar surface area (TPSA) is 147 Å². The lowest BCUT2D eigenvalue weighted by atomic mass is 10.1. The molecule has 10 nitrogen and oxygen atoms in total. The molecule has 1 aromatic heterocycles. The predicted molar refractivity (Wildman–Crippen MR) is 100.0 cm³/mol. The Bertz CT molecular complexity index is 930. The summed E-state index contributed by atoms with van der Waals surface area (Å²) in [4.78, 5) is 47.7. The summed E-state index contributed by atoms with van der Waals surface area (Å²) in [6, 6.07) is 5.54. The monoisotopic (exact) mass is 404 g/mol. The third-order valence-electron chi connectivity index (χ3n) is 3.62. The molecule has 0 saturated heterocycles. The molecule has 0 atom stereocenters. The van der Waals surface area contributed by atoms with E-state index in [1.807, 2.05) is 0 Å². The molecule has 0 aliphatic carbocycles. The number of nitrogens with two attached hydrogens (primary N) is 1. The average molecular weight is 404 g/mol. The van der Waals surface area contributed by atoms with Gasteiger partial charge >= 0.3 is 12.1 Å². The predicted octanol–water partition coefficient (Wildman–Crippen LogP) is 2.65. The maximum absolute atomic E-state index is 12.5. The van der Waals surface area contributed by atoms with Gasteiger partial charge in [-0.25, -0.2) is 9.59 Å². The molecule has 2 amide bonds. The summed E-state index contributed by atoms with van der Waals surface area (Å²) in [7, 11) is 0. The van der Waals surface area contributed by atoms with Crippen molar-refractivity contribution >= 4 is 29.8 Å². The molecule has 0 bridgehead atoms. The number of furan rings is 1. The number of rotatable bonds is 7. The van der Waals surface area contributed by atoms with Crippen molar-refractivity contribution in [2.45, 2.75) is 20.8 Å². The zero-order valence-corrected chi connectivity index (χ0v) is 16.1. The number of benzene rings is 1. The molecule has 3 N–H and O–H groups in total. The van der Waals surface area contributed by atoms with E-state index in [0.29, 0.717) is 0 Å². The second-order valence-corrected chi connectivity index (χ2v) is 5.59. The van der Waals surface area contributed by atoms with Crippen LogP contribution in [0, 0.1) is 6.92 Å². The number of ether oxygens (including phenoxy) is 3. The van der Waals surface area contributed by atoms with Crippen molar-refractivity contribution in [3.8, 4) is 5.75 Å². The Kier molecular flexibility index (Phi) is 6.96. The van der Waals surface area contributed by atoms with Crippen LogP contribution in [-0.4, -0.2) is 37.2 Å². The van der Waals surface area contributed by atoms with Gasteiger partial charge in [-0.3, -0.25) is 14.9 Å². The lowest BCUT2D eigenvalue weighted by molar-refractivity contribution is 0.0521. The van der Waals surface area contributed by atoms with Crippen molar-refractivity contribution in [2.75, 3.05) is 18.5 Å². The highest BCUT2D eigenvalue weighted by atomic mass is 16.7. The van der Waals surface area contributed by atoms with Gasteiger partial charge in [-0.2, -0.15) is 0 Å². The van der Waals surface area contributed by atoms with Crippen molar-refractivity contribution in [3.63, 3.8) is 0 Å². The molecule has 0 aliphatic heterocycles. The van der Waals surface area contributed by atoms with Gasteiger partial charge in [-0.05, 0) is 45.0 Å². The van der Waals surface area contributed by atoms with E-state index in [-0.39, 0.29) is 47.3 Å². The zero-order chi connectivity index (χ0) is 21.6. The SMILES string of the molecule is CCOC(=O)Oc1ccc(C(=O)Nc2oc(C)c(C(=O)OCC)c2C(N)=O)cc1. The summed E-state index contributed by atoms with van der Waals surface area (Å²) >= 11 is 0. The molecule has 0 radical (unpaired) electrons. The molecule has 2 rings (SSSR count). The minimum Gasteiger partial charge on any atom is -0.462 e. The Morgan fingerprint density at radius 3 is 2.17 bits per heavy atom. The highest BCUT2D eigenvalue weighted by molar-refractivity contribution is 6.12. The molecular weight excluding hydrogens is 384 g/mol. The van der Waals surface area contributed by atoms with Crippen LogP contribution in [0.3, 0.4) is 0 Å². The minimum absolute atomic E-state index is 0.0748. The fraction of sp³-hybridized carbons (Fsp3) is 0.263. The molecule has 10 heteroatoms. The Hall–Kier alpha value is -3.82. The molecular formula is C19H20N2O8. The van der Waals surface area contributed by atoms with Gasteiger partial charge in [0.25, 0.3) is 11.8 Å². The fourth-order valence-corrected chi connectivity index (χ4v) is 2.41. The van der Waals surface area contributed by atoms with E-state index in [4.69, 9.17) is 19.6 Å². The highest BCUT2D eigenvalue weighted by Crippen LogP contribution is 2.28. The third-order valence-corrected chi connectivity index (χ3v) is 3.62. The number of esters is 1. The Labute approximate surface area is 165 Å². The van der Waals surface area contributed by atoms with E-state index in [2.05, 4.69) is 10.1 Å². The molecule has 29 heavy (non-hydrogen) atoms. The molecule has 0 unspecified atom stereocenters. The van der Waals surface area contributed by atoms with Gasteiger partial charge in [-0.15, -0.1) is 0 Å². The second kappa shape index (κ2) is 9.40.